The van der Waals surface area contributed by atoms with E-state index in [1.807, 2.05) is 23.1 Å². The Balaban J connectivity index is 1.61. The summed E-state index contributed by atoms with van der Waals surface area (Å²) in [6.45, 7) is 1.86. The van der Waals surface area contributed by atoms with Crippen LogP contribution >= 0.6 is 0 Å². The predicted octanol–water partition coefficient (Wildman–Crippen LogP) is 2.73. The van der Waals surface area contributed by atoms with Crippen LogP contribution in [0.1, 0.15) is 41.2 Å². The van der Waals surface area contributed by atoms with E-state index in [0.717, 1.165) is 30.6 Å². The maximum absolute atomic E-state index is 13.2. The van der Waals surface area contributed by atoms with Crippen LogP contribution in [0.2, 0.25) is 0 Å². The first-order chi connectivity index (χ1) is 14.0. The van der Waals surface area contributed by atoms with Crippen LogP contribution in [0, 0.1) is 0 Å². The van der Waals surface area contributed by atoms with Crippen LogP contribution in [-0.2, 0) is 10.0 Å². The predicted molar refractivity (Wildman–Crippen MR) is 108 cm³/mol. The highest BCUT2D eigenvalue weighted by molar-refractivity contribution is 7.89. The van der Waals surface area contributed by atoms with Gasteiger partial charge in [-0.25, -0.2) is 13.1 Å². The van der Waals surface area contributed by atoms with Gasteiger partial charge >= 0.3 is 0 Å². The molecule has 1 amide bonds. The van der Waals surface area contributed by atoms with Gasteiger partial charge in [-0.1, -0.05) is 12.1 Å². The van der Waals surface area contributed by atoms with Gasteiger partial charge in [0, 0.05) is 18.5 Å². The number of carbonyl (C=O) groups is 1. The standard InChI is InChI=1S/C21H24N2O5S/c1-22-29(25,26)17-6-2-5-16(13-17)21(24)23-10-3-7-18(23)15-8-9-19-20(14-15)28-12-4-11-27-19/h2,5-6,8-9,13-14,18,22H,3-4,7,10-12H2,1H3/t18-/m0/s1. The molecule has 1 atom stereocenters. The third kappa shape index (κ3) is 3.95. The zero-order valence-corrected chi connectivity index (χ0v) is 17.1. The first-order valence-electron chi connectivity index (χ1n) is 9.74. The fourth-order valence-electron chi connectivity index (χ4n) is 3.82. The Bertz CT molecular complexity index is 1020. The second kappa shape index (κ2) is 8.04. The van der Waals surface area contributed by atoms with E-state index >= 15 is 0 Å². The van der Waals surface area contributed by atoms with E-state index in [4.69, 9.17) is 9.47 Å². The average Bonchev–Trinajstić information content (AvgIpc) is 3.11. The van der Waals surface area contributed by atoms with E-state index < -0.39 is 10.0 Å². The van der Waals surface area contributed by atoms with E-state index in [9.17, 15) is 13.2 Å². The second-order valence-corrected chi connectivity index (χ2v) is 9.04. The number of rotatable bonds is 4. The van der Waals surface area contributed by atoms with Gasteiger partial charge in [0.25, 0.3) is 5.91 Å². The summed E-state index contributed by atoms with van der Waals surface area (Å²) in [5, 5.41) is 0. The van der Waals surface area contributed by atoms with Crippen LogP contribution in [0.5, 0.6) is 11.5 Å². The quantitative estimate of drug-likeness (QED) is 0.828. The summed E-state index contributed by atoms with van der Waals surface area (Å²) in [6.07, 6.45) is 2.57. The summed E-state index contributed by atoms with van der Waals surface area (Å²) in [5.41, 5.74) is 1.36. The van der Waals surface area contributed by atoms with Crippen LogP contribution in [0.4, 0.5) is 0 Å². The third-order valence-corrected chi connectivity index (χ3v) is 6.74. The van der Waals surface area contributed by atoms with Gasteiger partial charge in [0.05, 0.1) is 24.2 Å². The highest BCUT2D eigenvalue weighted by atomic mass is 32.2. The van der Waals surface area contributed by atoms with Crippen molar-refractivity contribution in [3.63, 3.8) is 0 Å². The molecule has 1 fully saturated rings. The zero-order chi connectivity index (χ0) is 20.4. The summed E-state index contributed by atoms with van der Waals surface area (Å²) in [6, 6.07) is 11.9. The Hall–Kier alpha value is -2.58. The SMILES string of the molecule is CNS(=O)(=O)c1cccc(C(=O)N2CCC[C@H]2c2ccc3c(c2)OCCCO3)c1. The van der Waals surface area contributed by atoms with Gasteiger partial charge in [-0.3, -0.25) is 4.79 Å². The van der Waals surface area contributed by atoms with E-state index in [1.165, 1.54) is 19.2 Å². The molecule has 4 rings (SSSR count). The molecule has 2 heterocycles. The van der Waals surface area contributed by atoms with Crippen LogP contribution in [-0.4, -0.2) is 46.0 Å². The molecule has 0 aromatic heterocycles. The van der Waals surface area contributed by atoms with E-state index in [0.29, 0.717) is 31.1 Å². The molecule has 2 aliphatic heterocycles. The number of nitrogens with zero attached hydrogens (tertiary/aromatic N) is 1. The van der Waals surface area contributed by atoms with E-state index in [2.05, 4.69) is 4.72 Å². The molecule has 0 aliphatic carbocycles. The Morgan fingerprint density at radius 2 is 1.86 bits per heavy atom. The molecule has 0 radical (unpaired) electrons. The van der Waals surface area contributed by atoms with Crippen molar-refractivity contribution in [2.75, 3.05) is 26.8 Å². The number of benzene rings is 2. The monoisotopic (exact) mass is 416 g/mol. The van der Waals surface area contributed by atoms with Crippen LogP contribution < -0.4 is 14.2 Å². The topological polar surface area (TPSA) is 84.9 Å². The summed E-state index contributed by atoms with van der Waals surface area (Å²) in [4.78, 5) is 15.1. The molecule has 0 unspecified atom stereocenters. The molecule has 1 N–H and O–H groups in total. The minimum absolute atomic E-state index is 0.0794. The second-order valence-electron chi connectivity index (χ2n) is 7.15. The van der Waals surface area contributed by atoms with E-state index in [-0.39, 0.29) is 16.8 Å². The largest absolute Gasteiger partial charge is 0.490 e. The summed E-state index contributed by atoms with van der Waals surface area (Å²) in [7, 11) is -2.26. The van der Waals surface area contributed by atoms with Crippen molar-refractivity contribution in [3.05, 3.63) is 53.6 Å². The molecular weight excluding hydrogens is 392 g/mol. The molecule has 1 saturated heterocycles. The summed E-state index contributed by atoms with van der Waals surface area (Å²) < 4.78 is 37.9. The molecule has 2 aromatic carbocycles. The van der Waals surface area contributed by atoms with Crippen LogP contribution in [0.3, 0.4) is 0 Å². The zero-order valence-electron chi connectivity index (χ0n) is 16.3. The number of carbonyl (C=O) groups excluding carboxylic acids is 1. The van der Waals surface area contributed by atoms with Crippen molar-refractivity contribution in [2.45, 2.75) is 30.2 Å². The summed E-state index contributed by atoms with van der Waals surface area (Å²) >= 11 is 0. The number of sulfonamides is 1. The normalized spacial score (nSPS) is 19.1. The third-order valence-electron chi connectivity index (χ3n) is 5.33. The van der Waals surface area contributed by atoms with Gasteiger partial charge in [0.15, 0.2) is 11.5 Å². The molecule has 0 saturated carbocycles. The fourth-order valence-corrected chi connectivity index (χ4v) is 4.60. The number of hydrogen-bond donors (Lipinski definition) is 1. The number of fused-ring (bicyclic) bond motifs is 1. The molecule has 0 bridgehead atoms. The lowest BCUT2D eigenvalue weighted by Crippen LogP contribution is -2.31. The number of amides is 1. The summed E-state index contributed by atoms with van der Waals surface area (Å²) in [5.74, 6) is 1.27. The van der Waals surface area contributed by atoms with Gasteiger partial charge in [-0.05, 0) is 55.8 Å². The molecular formula is C21H24N2O5S. The molecule has 2 aromatic rings. The van der Waals surface area contributed by atoms with Gasteiger partial charge in [-0.2, -0.15) is 0 Å². The Labute approximate surface area is 170 Å². The Morgan fingerprint density at radius 3 is 2.66 bits per heavy atom. The fraction of sp³-hybridized carbons (Fsp3) is 0.381. The van der Waals surface area contributed by atoms with Crippen molar-refractivity contribution in [2.24, 2.45) is 0 Å². The first kappa shape index (κ1) is 19.7. The maximum Gasteiger partial charge on any atom is 0.254 e. The number of ether oxygens (including phenoxy) is 2. The van der Waals surface area contributed by atoms with Crippen molar-refractivity contribution in [3.8, 4) is 11.5 Å². The molecule has 29 heavy (non-hydrogen) atoms. The highest BCUT2D eigenvalue weighted by Crippen LogP contribution is 2.38. The van der Waals surface area contributed by atoms with E-state index in [1.54, 1.807) is 12.1 Å². The number of nitrogens with one attached hydrogen (secondary N) is 1. The maximum atomic E-state index is 13.2. The molecule has 7 nitrogen and oxygen atoms in total. The van der Waals surface area contributed by atoms with Crippen molar-refractivity contribution < 1.29 is 22.7 Å². The van der Waals surface area contributed by atoms with Crippen LogP contribution in [0.25, 0.3) is 0 Å². The Kier molecular flexibility index (Phi) is 5.47. The average molecular weight is 416 g/mol. The van der Waals surface area contributed by atoms with Crippen LogP contribution in [0.15, 0.2) is 47.4 Å². The van der Waals surface area contributed by atoms with Crippen molar-refractivity contribution in [1.82, 2.24) is 9.62 Å². The Morgan fingerprint density at radius 1 is 1.07 bits per heavy atom. The lowest BCUT2D eigenvalue weighted by molar-refractivity contribution is 0.0735. The lowest BCUT2D eigenvalue weighted by atomic mass is 10.0. The van der Waals surface area contributed by atoms with Gasteiger partial charge in [0.2, 0.25) is 10.0 Å². The minimum atomic E-state index is -3.61. The lowest BCUT2D eigenvalue weighted by Gasteiger charge is -2.26. The van der Waals surface area contributed by atoms with Crippen molar-refractivity contribution >= 4 is 15.9 Å². The number of hydrogen-bond acceptors (Lipinski definition) is 5. The van der Waals surface area contributed by atoms with Crippen molar-refractivity contribution in [1.29, 1.82) is 0 Å². The molecule has 154 valence electrons. The first-order valence-corrected chi connectivity index (χ1v) is 11.2. The minimum Gasteiger partial charge on any atom is -0.490 e. The molecule has 8 heteroatoms. The smallest absolute Gasteiger partial charge is 0.254 e. The van der Waals surface area contributed by atoms with Gasteiger partial charge in [-0.15, -0.1) is 0 Å². The van der Waals surface area contributed by atoms with Gasteiger partial charge in [0.1, 0.15) is 0 Å². The highest BCUT2D eigenvalue weighted by Gasteiger charge is 2.31. The molecule has 0 spiro atoms. The van der Waals surface area contributed by atoms with Gasteiger partial charge < -0.3 is 14.4 Å². The molecule has 2 aliphatic rings. The number of likely N-dealkylation sites (tertiary alicyclic amines) is 1.